The van der Waals surface area contributed by atoms with E-state index in [-0.39, 0.29) is 0 Å². The van der Waals surface area contributed by atoms with Gasteiger partial charge >= 0.3 is 5.97 Å². The fourth-order valence-corrected chi connectivity index (χ4v) is 2.86. The highest BCUT2D eigenvalue weighted by atomic mass is 79.9. The number of benzene rings is 1. The molecular formula is C12H13BrN2O3. The third-order valence-electron chi connectivity index (χ3n) is 3.09. The molecule has 1 heterocycles. The van der Waals surface area contributed by atoms with E-state index in [1.165, 1.54) is 0 Å². The molecule has 0 bridgehead atoms. The molecule has 0 aromatic heterocycles. The van der Waals surface area contributed by atoms with Crippen LogP contribution < -0.4 is 10.6 Å². The minimum absolute atomic E-state index is 0.339. The number of halogens is 1. The van der Waals surface area contributed by atoms with E-state index in [1.54, 1.807) is 23.1 Å². The maximum atomic E-state index is 11.5. The van der Waals surface area contributed by atoms with Crippen LogP contribution in [-0.4, -0.2) is 29.6 Å². The molecule has 1 aromatic carbocycles. The van der Waals surface area contributed by atoms with Crippen LogP contribution in [0.5, 0.6) is 0 Å². The first-order valence-corrected chi connectivity index (χ1v) is 6.39. The minimum Gasteiger partial charge on any atom is -0.480 e. The average molecular weight is 313 g/mol. The fourth-order valence-electron chi connectivity index (χ4n) is 2.31. The first kappa shape index (κ1) is 12.9. The lowest BCUT2D eigenvalue weighted by molar-refractivity contribution is -0.138. The number of hydrogen-bond acceptors (Lipinski definition) is 3. The van der Waals surface area contributed by atoms with E-state index >= 15 is 0 Å². The Labute approximate surface area is 113 Å². The standard InChI is InChI=1S/C12H13BrN2O3/c13-7-3-1-4-8(10(7)11(14)16)15-6-2-5-9(15)12(17)18/h1,3-4,9H,2,5-6H2,(H2,14,16)(H,17,18). The van der Waals surface area contributed by atoms with Crippen molar-refractivity contribution < 1.29 is 14.7 Å². The summed E-state index contributed by atoms with van der Waals surface area (Å²) in [7, 11) is 0. The Morgan fingerprint density at radius 1 is 1.44 bits per heavy atom. The Hall–Kier alpha value is -1.56. The number of nitrogens with zero attached hydrogens (tertiary/aromatic N) is 1. The summed E-state index contributed by atoms with van der Waals surface area (Å²) >= 11 is 3.28. The lowest BCUT2D eigenvalue weighted by Gasteiger charge is -2.25. The van der Waals surface area contributed by atoms with Crippen LogP contribution in [0.15, 0.2) is 22.7 Å². The molecule has 5 nitrogen and oxygen atoms in total. The number of anilines is 1. The molecule has 0 saturated carbocycles. The van der Waals surface area contributed by atoms with Crippen LogP contribution in [0.1, 0.15) is 23.2 Å². The van der Waals surface area contributed by atoms with E-state index in [0.29, 0.717) is 28.7 Å². The summed E-state index contributed by atoms with van der Waals surface area (Å²) < 4.78 is 0.587. The van der Waals surface area contributed by atoms with Crippen molar-refractivity contribution >= 4 is 33.5 Å². The summed E-state index contributed by atoms with van der Waals surface area (Å²) in [5.41, 5.74) is 6.29. The summed E-state index contributed by atoms with van der Waals surface area (Å²) in [6.07, 6.45) is 1.38. The number of hydrogen-bond donors (Lipinski definition) is 2. The van der Waals surface area contributed by atoms with Crippen molar-refractivity contribution in [1.82, 2.24) is 0 Å². The van der Waals surface area contributed by atoms with Gasteiger partial charge in [-0.2, -0.15) is 0 Å². The first-order valence-electron chi connectivity index (χ1n) is 5.60. The Balaban J connectivity index is 2.48. The minimum atomic E-state index is -0.872. The second-order valence-corrected chi connectivity index (χ2v) is 5.04. The van der Waals surface area contributed by atoms with Crippen molar-refractivity contribution in [2.75, 3.05) is 11.4 Å². The Kier molecular flexibility index (Phi) is 3.56. The predicted molar refractivity (Wildman–Crippen MR) is 70.7 cm³/mol. The van der Waals surface area contributed by atoms with Crippen LogP contribution in [-0.2, 0) is 4.79 Å². The molecule has 6 heteroatoms. The van der Waals surface area contributed by atoms with Crippen LogP contribution in [0.4, 0.5) is 5.69 Å². The SMILES string of the molecule is NC(=O)c1c(Br)cccc1N1CCCC1C(=O)O. The van der Waals surface area contributed by atoms with Gasteiger partial charge in [-0.1, -0.05) is 6.07 Å². The highest BCUT2D eigenvalue weighted by Gasteiger charge is 2.32. The van der Waals surface area contributed by atoms with Gasteiger partial charge in [0.15, 0.2) is 0 Å². The van der Waals surface area contributed by atoms with Gasteiger partial charge in [0.1, 0.15) is 6.04 Å². The normalized spacial score (nSPS) is 18.9. The second-order valence-electron chi connectivity index (χ2n) is 4.19. The van der Waals surface area contributed by atoms with Gasteiger partial charge in [0.25, 0.3) is 5.91 Å². The lowest BCUT2D eigenvalue weighted by atomic mass is 10.1. The number of aliphatic carboxylic acids is 1. The molecule has 0 aliphatic carbocycles. The smallest absolute Gasteiger partial charge is 0.326 e. The highest BCUT2D eigenvalue weighted by molar-refractivity contribution is 9.10. The van der Waals surface area contributed by atoms with Crippen molar-refractivity contribution in [2.24, 2.45) is 5.73 Å². The van der Waals surface area contributed by atoms with Crippen LogP contribution in [0.3, 0.4) is 0 Å². The number of primary amides is 1. The Morgan fingerprint density at radius 3 is 2.78 bits per heavy atom. The Morgan fingerprint density at radius 2 is 2.17 bits per heavy atom. The van der Waals surface area contributed by atoms with Gasteiger partial charge in [-0.15, -0.1) is 0 Å². The van der Waals surface area contributed by atoms with Crippen molar-refractivity contribution in [2.45, 2.75) is 18.9 Å². The number of rotatable bonds is 3. The lowest BCUT2D eigenvalue weighted by Crippen LogP contribution is -2.37. The first-order chi connectivity index (χ1) is 8.52. The van der Waals surface area contributed by atoms with Crippen molar-refractivity contribution in [1.29, 1.82) is 0 Å². The molecule has 1 fully saturated rings. The zero-order valence-corrected chi connectivity index (χ0v) is 11.2. The van der Waals surface area contributed by atoms with Crippen LogP contribution >= 0.6 is 15.9 Å². The maximum Gasteiger partial charge on any atom is 0.326 e. The van der Waals surface area contributed by atoms with E-state index in [4.69, 9.17) is 5.73 Å². The topological polar surface area (TPSA) is 83.6 Å². The zero-order valence-electron chi connectivity index (χ0n) is 9.60. The monoisotopic (exact) mass is 312 g/mol. The molecule has 0 radical (unpaired) electrons. The fraction of sp³-hybridized carbons (Fsp3) is 0.333. The molecule has 96 valence electrons. The number of carboxylic acid groups (broad SMARTS) is 1. The number of carbonyl (C=O) groups is 2. The van der Waals surface area contributed by atoms with E-state index in [2.05, 4.69) is 15.9 Å². The number of carboxylic acids is 1. The van der Waals surface area contributed by atoms with Crippen LogP contribution in [0.2, 0.25) is 0 Å². The van der Waals surface area contributed by atoms with E-state index < -0.39 is 17.9 Å². The summed E-state index contributed by atoms with van der Waals surface area (Å²) in [5.74, 6) is -1.43. The molecule has 1 aromatic rings. The van der Waals surface area contributed by atoms with Gasteiger partial charge < -0.3 is 15.7 Å². The van der Waals surface area contributed by atoms with Gasteiger partial charge in [-0.3, -0.25) is 4.79 Å². The second kappa shape index (κ2) is 4.97. The Bertz CT molecular complexity index is 504. The molecule has 2 rings (SSSR count). The third kappa shape index (κ3) is 2.20. The summed E-state index contributed by atoms with van der Waals surface area (Å²) in [4.78, 5) is 24.4. The van der Waals surface area contributed by atoms with Crippen molar-refractivity contribution in [3.05, 3.63) is 28.2 Å². The van der Waals surface area contributed by atoms with Gasteiger partial charge in [0, 0.05) is 11.0 Å². The highest BCUT2D eigenvalue weighted by Crippen LogP contribution is 2.32. The number of nitrogens with two attached hydrogens (primary N) is 1. The van der Waals surface area contributed by atoms with Gasteiger partial charge in [0.05, 0.1) is 11.3 Å². The zero-order chi connectivity index (χ0) is 13.3. The molecule has 1 aliphatic heterocycles. The average Bonchev–Trinajstić information content (AvgIpc) is 2.76. The summed E-state index contributed by atoms with van der Waals surface area (Å²) in [6.45, 7) is 0.619. The quantitative estimate of drug-likeness (QED) is 0.888. The number of amides is 1. The van der Waals surface area contributed by atoms with Gasteiger partial charge in [-0.25, -0.2) is 4.79 Å². The van der Waals surface area contributed by atoms with Crippen molar-refractivity contribution in [3.63, 3.8) is 0 Å². The third-order valence-corrected chi connectivity index (χ3v) is 3.75. The molecule has 1 amide bonds. The molecule has 0 spiro atoms. The number of carbonyl (C=O) groups excluding carboxylic acids is 1. The van der Waals surface area contributed by atoms with Crippen LogP contribution in [0.25, 0.3) is 0 Å². The van der Waals surface area contributed by atoms with E-state index in [0.717, 1.165) is 6.42 Å². The molecule has 1 unspecified atom stereocenters. The molecule has 18 heavy (non-hydrogen) atoms. The summed E-state index contributed by atoms with van der Waals surface area (Å²) in [5, 5.41) is 9.17. The molecule has 1 aliphatic rings. The van der Waals surface area contributed by atoms with Gasteiger partial charge in [-0.05, 0) is 40.9 Å². The largest absolute Gasteiger partial charge is 0.480 e. The molecule has 3 N–H and O–H groups in total. The molecular weight excluding hydrogens is 300 g/mol. The van der Waals surface area contributed by atoms with Crippen molar-refractivity contribution in [3.8, 4) is 0 Å². The molecule has 1 atom stereocenters. The summed E-state index contributed by atoms with van der Waals surface area (Å²) in [6, 6.07) is 4.63. The van der Waals surface area contributed by atoms with Gasteiger partial charge in [0.2, 0.25) is 0 Å². The maximum absolute atomic E-state index is 11.5. The van der Waals surface area contributed by atoms with Crippen LogP contribution in [0, 0.1) is 0 Å². The van der Waals surface area contributed by atoms with E-state index in [1.807, 2.05) is 0 Å². The predicted octanol–water partition coefficient (Wildman–Crippen LogP) is 1.60. The van der Waals surface area contributed by atoms with E-state index in [9.17, 15) is 14.7 Å². The molecule has 1 saturated heterocycles.